The van der Waals surface area contributed by atoms with Gasteiger partial charge in [0.2, 0.25) is 5.91 Å². The first kappa shape index (κ1) is 23.8. The first-order chi connectivity index (χ1) is 16.3. The molecule has 9 nitrogen and oxygen atoms in total. The molecule has 1 fully saturated rings. The molecule has 0 aromatic heterocycles. The minimum Gasteiger partial charge on any atom is -0.490 e. The molecule has 0 spiro atoms. The first-order valence-corrected chi connectivity index (χ1v) is 11.5. The van der Waals surface area contributed by atoms with Gasteiger partial charge >= 0.3 is 6.03 Å². The van der Waals surface area contributed by atoms with Crippen molar-refractivity contribution in [1.29, 1.82) is 0 Å². The Morgan fingerprint density at radius 1 is 1.09 bits per heavy atom. The Labute approximate surface area is 202 Å². The lowest BCUT2D eigenvalue weighted by Crippen LogP contribution is -2.53. The van der Waals surface area contributed by atoms with E-state index in [2.05, 4.69) is 16.0 Å². The summed E-state index contributed by atoms with van der Waals surface area (Å²) in [6.07, 6.45) is 1.10. The zero-order valence-corrected chi connectivity index (χ0v) is 19.7. The normalized spacial score (nSPS) is 21.8. The molecule has 4 rings (SSSR count). The molecule has 4 amide bonds. The molecule has 2 aromatic rings. The van der Waals surface area contributed by atoms with Gasteiger partial charge in [0.1, 0.15) is 18.5 Å². The monoisotopic (exact) mass is 486 g/mol. The van der Waals surface area contributed by atoms with Crippen LogP contribution in [0.5, 0.6) is 5.75 Å². The molecular formula is C24H27ClN4O5. The van der Waals surface area contributed by atoms with Crippen LogP contribution in [0.1, 0.15) is 29.6 Å². The van der Waals surface area contributed by atoms with Gasteiger partial charge in [-0.15, -0.1) is 0 Å². The standard InChI is InChI=1S/C24H27ClN4O5/c1-26-22(30)12-17-8-9-19-21(34-17)13-33-20-10-7-16(11-18(20)23(31)29(19)2)28-24(32)27-15-5-3-14(25)4-6-15/h3-7,10-11,17,19,21H,8-9,12-13H2,1-2H3,(H,26,30)(H2,27,28,32)/t17-,19+,21+/m0/s1. The Hall–Kier alpha value is -3.30. The highest BCUT2D eigenvalue weighted by atomic mass is 35.5. The molecule has 0 radical (unpaired) electrons. The number of hydrogen-bond acceptors (Lipinski definition) is 5. The van der Waals surface area contributed by atoms with Crippen molar-refractivity contribution in [2.45, 2.75) is 37.5 Å². The van der Waals surface area contributed by atoms with Crippen molar-refractivity contribution in [2.24, 2.45) is 0 Å². The Kier molecular flexibility index (Phi) is 7.23. The number of benzene rings is 2. The van der Waals surface area contributed by atoms with Gasteiger partial charge in [-0.25, -0.2) is 4.79 Å². The minimum absolute atomic E-state index is 0.0786. The van der Waals surface area contributed by atoms with Crippen LogP contribution in [0, 0.1) is 0 Å². The maximum Gasteiger partial charge on any atom is 0.323 e. The number of hydrogen-bond donors (Lipinski definition) is 3. The van der Waals surface area contributed by atoms with Crippen molar-refractivity contribution < 1.29 is 23.9 Å². The predicted molar refractivity (Wildman–Crippen MR) is 128 cm³/mol. The number of nitrogens with one attached hydrogen (secondary N) is 3. The minimum atomic E-state index is -0.447. The van der Waals surface area contributed by atoms with E-state index >= 15 is 0 Å². The number of likely N-dealkylation sites (N-methyl/N-ethyl adjacent to an activating group) is 1. The molecular weight excluding hydrogens is 460 g/mol. The molecule has 2 aliphatic rings. The fraction of sp³-hybridized carbons (Fsp3) is 0.375. The van der Waals surface area contributed by atoms with E-state index in [9.17, 15) is 14.4 Å². The molecule has 0 aliphatic carbocycles. The molecule has 0 saturated carbocycles. The lowest BCUT2D eigenvalue weighted by molar-refractivity contribution is -0.133. The Morgan fingerprint density at radius 3 is 2.53 bits per heavy atom. The molecule has 2 heterocycles. The number of halogens is 1. The van der Waals surface area contributed by atoms with Crippen LogP contribution >= 0.6 is 11.6 Å². The third-order valence-corrected chi connectivity index (χ3v) is 6.32. The van der Waals surface area contributed by atoms with E-state index in [0.29, 0.717) is 40.6 Å². The fourth-order valence-electron chi connectivity index (χ4n) is 4.24. The highest BCUT2D eigenvalue weighted by Crippen LogP contribution is 2.32. The number of fused-ring (bicyclic) bond motifs is 2. The summed E-state index contributed by atoms with van der Waals surface area (Å²) < 4.78 is 12.1. The van der Waals surface area contributed by atoms with Gasteiger partial charge in [0.25, 0.3) is 5.91 Å². The average molecular weight is 487 g/mol. The molecule has 2 aliphatic heterocycles. The molecule has 2 aromatic carbocycles. The summed E-state index contributed by atoms with van der Waals surface area (Å²) in [5.41, 5.74) is 1.40. The van der Waals surface area contributed by atoms with Gasteiger partial charge in [-0.05, 0) is 55.3 Å². The Bertz CT molecular complexity index is 1080. The van der Waals surface area contributed by atoms with E-state index in [-0.39, 0.29) is 43.1 Å². The maximum atomic E-state index is 13.3. The van der Waals surface area contributed by atoms with Crippen LogP contribution < -0.4 is 20.7 Å². The predicted octanol–water partition coefficient (Wildman–Crippen LogP) is 3.50. The fourth-order valence-corrected chi connectivity index (χ4v) is 4.37. The average Bonchev–Trinajstić information content (AvgIpc) is 2.83. The van der Waals surface area contributed by atoms with Gasteiger partial charge in [-0.1, -0.05) is 11.6 Å². The van der Waals surface area contributed by atoms with Crippen molar-refractivity contribution in [2.75, 3.05) is 31.3 Å². The maximum absolute atomic E-state index is 13.3. The number of rotatable bonds is 4. The van der Waals surface area contributed by atoms with Gasteiger partial charge in [0, 0.05) is 30.5 Å². The zero-order valence-electron chi connectivity index (χ0n) is 19.0. The van der Waals surface area contributed by atoms with Crippen LogP contribution in [0.2, 0.25) is 5.02 Å². The highest BCUT2D eigenvalue weighted by Gasteiger charge is 2.39. The third kappa shape index (κ3) is 5.43. The number of ether oxygens (including phenoxy) is 2. The Morgan fingerprint density at radius 2 is 1.79 bits per heavy atom. The van der Waals surface area contributed by atoms with Crippen molar-refractivity contribution in [1.82, 2.24) is 10.2 Å². The van der Waals surface area contributed by atoms with Crippen LogP contribution in [-0.4, -0.2) is 61.7 Å². The van der Waals surface area contributed by atoms with Crippen LogP contribution in [0.4, 0.5) is 16.2 Å². The lowest BCUT2D eigenvalue weighted by atomic mass is 9.94. The second kappa shape index (κ2) is 10.3. The SMILES string of the molecule is CNC(=O)C[C@@H]1CC[C@@H]2[C@@H](COc3ccc(NC(=O)Nc4ccc(Cl)cc4)cc3C(=O)N2C)O1. The van der Waals surface area contributed by atoms with E-state index in [4.69, 9.17) is 21.1 Å². The number of amides is 4. The topological polar surface area (TPSA) is 109 Å². The number of urea groups is 1. The van der Waals surface area contributed by atoms with Crippen LogP contribution in [0.25, 0.3) is 0 Å². The molecule has 0 bridgehead atoms. The number of carbonyl (C=O) groups is 3. The van der Waals surface area contributed by atoms with Crippen molar-refractivity contribution in [3.63, 3.8) is 0 Å². The van der Waals surface area contributed by atoms with Gasteiger partial charge < -0.3 is 30.3 Å². The molecule has 180 valence electrons. The largest absolute Gasteiger partial charge is 0.490 e. The summed E-state index contributed by atoms with van der Waals surface area (Å²) in [4.78, 5) is 39.1. The highest BCUT2D eigenvalue weighted by molar-refractivity contribution is 6.30. The number of nitrogens with zero attached hydrogens (tertiary/aromatic N) is 1. The van der Waals surface area contributed by atoms with Crippen molar-refractivity contribution in [3.05, 3.63) is 53.1 Å². The van der Waals surface area contributed by atoms with E-state index < -0.39 is 6.03 Å². The summed E-state index contributed by atoms with van der Waals surface area (Å²) in [7, 11) is 3.34. The van der Waals surface area contributed by atoms with E-state index in [1.807, 2.05) is 0 Å². The Balaban J connectivity index is 1.46. The molecule has 1 saturated heterocycles. The van der Waals surface area contributed by atoms with E-state index in [1.165, 1.54) is 0 Å². The molecule has 3 N–H and O–H groups in total. The quantitative estimate of drug-likeness (QED) is 0.613. The number of anilines is 2. The lowest BCUT2D eigenvalue weighted by Gasteiger charge is -2.42. The molecule has 0 unspecified atom stereocenters. The van der Waals surface area contributed by atoms with Crippen molar-refractivity contribution >= 4 is 40.8 Å². The van der Waals surface area contributed by atoms with Gasteiger partial charge in [0.05, 0.1) is 24.1 Å². The molecule has 10 heteroatoms. The molecule has 34 heavy (non-hydrogen) atoms. The van der Waals surface area contributed by atoms with Crippen LogP contribution in [0.15, 0.2) is 42.5 Å². The second-order valence-electron chi connectivity index (χ2n) is 8.34. The van der Waals surface area contributed by atoms with Crippen LogP contribution in [0.3, 0.4) is 0 Å². The summed E-state index contributed by atoms with van der Waals surface area (Å²) in [6, 6.07) is 11.0. The van der Waals surface area contributed by atoms with Crippen molar-refractivity contribution in [3.8, 4) is 5.75 Å². The third-order valence-electron chi connectivity index (χ3n) is 6.06. The van der Waals surface area contributed by atoms with E-state index in [0.717, 1.165) is 0 Å². The second-order valence-corrected chi connectivity index (χ2v) is 8.78. The van der Waals surface area contributed by atoms with Gasteiger partial charge in [-0.3, -0.25) is 9.59 Å². The summed E-state index contributed by atoms with van der Waals surface area (Å²) >= 11 is 5.87. The summed E-state index contributed by atoms with van der Waals surface area (Å²) in [5.74, 6) is 0.112. The van der Waals surface area contributed by atoms with Gasteiger partial charge in [0.15, 0.2) is 0 Å². The summed E-state index contributed by atoms with van der Waals surface area (Å²) in [6.45, 7) is 0.253. The first-order valence-electron chi connectivity index (χ1n) is 11.1. The number of carbonyl (C=O) groups excluding carboxylic acids is 3. The zero-order chi connectivity index (χ0) is 24.2. The van der Waals surface area contributed by atoms with Crippen LogP contribution in [-0.2, 0) is 9.53 Å². The van der Waals surface area contributed by atoms with E-state index in [1.54, 1.807) is 61.5 Å². The van der Waals surface area contributed by atoms with Gasteiger partial charge in [-0.2, -0.15) is 0 Å². The smallest absolute Gasteiger partial charge is 0.323 e. The summed E-state index contributed by atoms with van der Waals surface area (Å²) in [5, 5.41) is 8.65. The molecule has 3 atom stereocenters.